The van der Waals surface area contributed by atoms with Crippen LogP contribution >= 0.6 is 0 Å². The van der Waals surface area contributed by atoms with Gasteiger partial charge < -0.3 is 14.6 Å². The Kier molecular flexibility index (Phi) is 4.29. The number of esters is 1. The van der Waals surface area contributed by atoms with Gasteiger partial charge in [0.1, 0.15) is 11.8 Å². The molecular weight excluding hydrogens is 266 g/mol. The average Bonchev–Trinajstić information content (AvgIpc) is 2.85. The van der Waals surface area contributed by atoms with Crippen molar-refractivity contribution < 1.29 is 9.53 Å². The van der Waals surface area contributed by atoms with Gasteiger partial charge in [0.25, 0.3) is 0 Å². The minimum atomic E-state index is -0.369. The molecule has 0 aliphatic heterocycles. The van der Waals surface area contributed by atoms with Crippen molar-refractivity contribution in [2.24, 2.45) is 7.05 Å². The van der Waals surface area contributed by atoms with Crippen LogP contribution in [0.2, 0.25) is 0 Å². The number of rotatable bonds is 4. The Morgan fingerprint density at radius 1 is 1.43 bits per heavy atom. The Labute approximate surface area is 123 Å². The summed E-state index contributed by atoms with van der Waals surface area (Å²) < 4.78 is 6.57. The van der Waals surface area contributed by atoms with Crippen molar-refractivity contribution in [2.75, 3.05) is 12.4 Å². The van der Waals surface area contributed by atoms with Crippen LogP contribution in [-0.2, 0) is 18.3 Å². The summed E-state index contributed by atoms with van der Waals surface area (Å²) in [6, 6.07) is 9.52. The normalized spacial score (nSPS) is 10.0. The van der Waals surface area contributed by atoms with Crippen LogP contribution in [0.4, 0.5) is 5.69 Å². The van der Waals surface area contributed by atoms with E-state index in [1.807, 2.05) is 38.4 Å². The number of methoxy groups -OCH3 is 1. The van der Waals surface area contributed by atoms with E-state index in [1.54, 1.807) is 10.6 Å². The molecule has 1 aromatic heterocycles. The molecule has 2 rings (SSSR count). The molecule has 21 heavy (non-hydrogen) atoms. The Morgan fingerprint density at radius 3 is 2.81 bits per heavy atom. The lowest BCUT2D eigenvalue weighted by Gasteiger charge is -2.11. The van der Waals surface area contributed by atoms with Crippen LogP contribution in [0.3, 0.4) is 0 Å². The van der Waals surface area contributed by atoms with Crippen molar-refractivity contribution in [3.63, 3.8) is 0 Å². The van der Waals surface area contributed by atoms with Gasteiger partial charge in [-0.2, -0.15) is 5.26 Å². The standard InChI is InChI=1S/C16H17N3O2/c1-11-4-5-15(14(6-11)16(20)21-3)18-9-12-7-13(8-17)19(2)10-12/h4-7,10,18H,9H2,1-3H3. The summed E-state index contributed by atoms with van der Waals surface area (Å²) in [7, 11) is 3.19. The number of ether oxygens (including phenoxy) is 1. The average molecular weight is 283 g/mol. The molecule has 1 N–H and O–H groups in total. The molecule has 0 fully saturated rings. The van der Waals surface area contributed by atoms with Crippen molar-refractivity contribution >= 4 is 11.7 Å². The summed E-state index contributed by atoms with van der Waals surface area (Å²) in [4.78, 5) is 11.8. The largest absolute Gasteiger partial charge is 0.465 e. The third-order valence-electron chi connectivity index (χ3n) is 3.24. The lowest BCUT2D eigenvalue weighted by molar-refractivity contribution is 0.0601. The van der Waals surface area contributed by atoms with Crippen LogP contribution in [-0.4, -0.2) is 17.6 Å². The van der Waals surface area contributed by atoms with Crippen molar-refractivity contribution in [2.45, 2.75) is 13.5 Å². The van der Waals surface area contributed by atoms with E-state index in [2.05, 4.69) is 11.4 Å². The van der Waals surface area contributed by atoms with E-state index >= 15 is 0 Å². The first-order valence-corrected chi connectivity index (χ1v) is 6.53. The summed E-state index contributed by atoms with van der Waals surface area (Å²) in [5, 5.41) is 12.2. The van der Waals surface area contributed by atoms with Crippen LogP contribution in [0.1, 0.15) is 27.2 Å². The maximum absolute atomic E-state index is 11.8. The van der Waals surface area contributed by atoms with Gasteiger partial charge in [0, 0.05) is 25.5 Å². The van der Waals surface area contributed by atoms with E-state index in [-0.39, 0.29) is 5.97 Å². The minimum absolute atomic E-state index is 0.369. The molecule has 5 heteroatoms. The highest BCUT2D eigenvalue weighted by Crippen LogP contribution is 2.19. The van der Waals surface area contributed by atoms with E-state index in [1.165, 1.54) is 7.11 Å². The Bertz CT molecular complexity index is 711. The molecule has 2 aromatic rings. The van der Waals surface area contributed by atoms with Crippen LogP contribution < -0.4 is 5.32 Å². The van der Waals surface area contributed by atoms with Gasteiger partial charge in [0.15, 0.2) is 0 Å². The third-order valence-corrected chi connectivity index (χ3v) is 3.24. The van der Waals surface area contributed by atoms with Crippen LogP contribution in [0.5, 0.6) is 0 Å². The number of hydrogen-bond donors (Lipinski definition) is 1. The number of carbonyl (C=O) groups excluding carboxylic acids is 1. The highest BCUT2D eigenvalue weighted by atomic mass is 16.5. The number of anilines is 1. The maximum Gasteiger partial charge on any atom is 0.339 e. The highest BCUT2D eigenvalue weighted by Gasteiger charge is 2.12. The van der Waals surface area contributed by atoms with Gasteiger partial charge in [0.05, 0.1) is 12.7 Å². The molecule has 0 bridgehead atoms. The first-order chi connectivity index (χ1) is 10.0. The van der Waals surface area contributed by atoms with Gasteiger partial charge in [-0.1, -0.05) is 11.6 Å². The summed E-state index contributed by atoms with van der Waals surface area (Å²) >= 11 is 0. The van der Waals surface area contributed by atoms with Crippen LogP contribution in [0, 0.1) is 18.3 Å². The molecule has 0 radical (unpaired) electrons. The predicted octanol–water partition coefficient (Wildman–Crippen LogP) is 2.60. The van der Waals surface area contributed by atoms with Crippen molar-refractivity contribution in [3.8, 4) is 6.07 Å². The number of carbonyl (C=O) groups is 1. The molecule has 0 unspecified atom stereocenters. The van der Waals surface area contributed by atoms with Crippen molar-refractivity contribution in [1.29, 1.82) is 5.26 Å². The number of aromatic nitrogens is 1. The van der Waals surface area contributed by atoms with Crippen LogP contribution in [0.25, 0.3) is 0 Å². The first-order valence-electron chi connectivity index (χ1n) is 6.53. The summed E-state index contributed by atoms with van der Waals surface area (Å²) in [5.41, 5.74) is 3.80. The smallest absolute Gasteiger partial charge is 0.339 e. The lowest BCUT2D eigenvalue weighted by Crippen LogP contribution is -2.08. The summed E-state index contributed by atoms with van der Waals surface area (Å²) in [5.74, 6) is -0.369. The Balaban J connectivity index is 2.19. The van der Waals surface area contributed by atoms with Crippen molar-refractivity contribution in [3.05, 3.63) is 52.8 Å². The van der Waals surface area contributed by atoms with E-state index < -0.39 is 0 Å². The molecule has 0 spiro atoms. The number of nitriles is 1. The number of nitrogens with zero attached hydrogens (tertiary/aromatic N) is 2. The maximum atomic E-state index is 11.8. The third kappa shape index (κ3) is 3.23. The molecule has 108 valence electrons. The fraction of sp³-hybridized carbons (Fsp3) is 0.250. The van der Waals surface area contributed by atoms with E-state index in [0.717, 1.165) is 16.8 Å². The second kappa shape index (κ2) is 6.14. The quantitative estimate of drug-likeness (QED) is 0.876. The van der Waals surface area contributed by atoms with Gasteiger partial charge in [-0.25, -0.2) is 4.79 Å². The minimum Gasteiger partial charge on any atom is -0.465 e. The Morgan fingerprint density at radius 2 is 2.19 bits per heavy atom. The van der Waals surface area contributed by atoms with E-state index in [0.29, 0.717) is 17.8 Å². The molecule has 1 heterocycles. The summed E-state index contributed by atoms with van der Waals surface area (Å²) in [6.07, 6.45) is 1.89. The first kappa shape index (κ1) is 14.7. The second-order valence-corrected chi connectivity index (χ2v) is 4.85. The molecule has 0 saturated carbocycles. The van der Waals surface area contributed by atoms with Gasteiger partial charge >= 0.3 is 5.97 Å². The van der Waals surface area contributed by atoms with E-state index in [4.69, 9.17) is 10.00 Å². The predicted molar refractivity (Wildman–Crippen MR) is 80.0 cm³/mol. The summed E-state index contributed by atoms with van der Waals surface area (Å²) in [6.45, 7) is 2.45. The molecule has 0 amide bonds. The lowest BCUT2D eigenvalue weighted by atomic mass is 10.1. The number of nitrogens with one attached hydrogen (secondary N) is 1. The second-order valence-electron chi connectivity index (χ2n) is 4.85. The topological polar surface area (TPSA) is 67.0 Å². The molecule has 5 nitrogen and oxygen atoms in total. The molecule has 0 atom stereocenters. The highest BCUT2D eigenvalue weighted by molar-refractivity contribution is 5.95. The Hall–Kier alpha value is -2.74. The van der Waals surface area contributed by atoms with Gasteiger partial charge in [-0.05, 0) is 30.7 Å². The van der Waals surface area contributed by atoms with Crippen LogP contribution in [0.15, 0.2) is 30.5 Å². The van der Waals surface area contributed by atoms with Gasteiger partial charge in [0.2, 0.25) is 0 Å². The zero-order valence-corrected chi connectivity index (χ0v) is 12.3. The van der Waals surface area contributed by atoms with E-state index in [9.17, 15) is 4.79 Å². The molecule has 0 aliphatic rings. The monoisotopic (exact) mass is 283 g/mol. The van der Waals surface area contributed by atoms with Gasteiger partial charge in [-0.3, -0.25) is 0 Å². The number of benzene rings is 1. The van der Waals surface area contributed by atoms with Crippen molar-refractivity contribution in [1.82, 2.24) is 4.57 Å². The molecule has 0 saturated heterocycles. The SMILES string of the molecule is COC(=O)c1cc(C)ccc1NCc1cc(C#N)n(C)c1. The fourth-order valence-electron chi connectivity index (χ4n) is 2.13. The number of hydrogen-bond acceptors (Lipinski definition) is 4. The van der Waals surface area contributed by atoms with Gasteiger partial charge in [-0.15, -0.1) is 0 Å². The molecule has 1 aromatic carbocycles. The zero-order valence-electron chi connectivity index (χ0n) is 12.3. The number of aryl methyl sites for hydroxylation is 2. The fourth-order valence-corrected chi connectivity index (χ4v) is 2.13. The zero-order chi connectivity index (χ0) is 15.4. The molecule has 0 aliphatic carbocycles. The molecular formula is C16H17N3O2.